The lowest BCUT2D eigenvalue weighted by molar-refractivity contribution is -0.133. The molecule has 1 aliphatic heterocycles. The SMILES string of the molecule is O=C(CCCc1ccc(Br)s1)N1CCN(CCO)CC1. The van der Waals surface area contributed by atoms with Crippen LogP contribution in [0.2, 0.25) is 0 Å². The van der Waals surface area contributed by atoms with Gasteiger partial charge in [-0.3, -0.25) is 9.69 Å². The lowest BCUT2D eigenvalue weighted by atomic mass is 10.2. The number of carbonyl (C=O) groups excluding carboxylic acids is 1. The minimum absolute atomic E-state index is 0.199. The van der Waals surface area contributed by atoms with Crippen LogP contribution in [0.3, 0.4) is 0 Å². The van der Waals surface area contributed by atoms with Gasteiger partial charge in [-0.15, -0.1) is 11.3 Å². The number of amides is 1. The molecule has 2 heterocycles. The molecule has 0 aromatic carbocycles. The maximum Gasteiger partial charge on any atom is 0.222 e. The molecule has 112 valence electrons. The first-order valence-electron chi connectivity index (χ1n) is 7.04. The highest BCUT2D eigenvalue weighted by atomic mass is 79.9. The Morgan fingerprint density at radius 3 is 2.65 bits per heavy atom. The first kappa shape index (κ1) is 15.9. The highest BCUT2D eigenvalue weighted by Gasteiger charge is 2.20. The quantitative estimate of drug-likeness (QED) is 0.843. The third kappa shape index (κ3) is 4.84. The van der Waals surface area contributed by atoms with E-state index in [1.54, 1.807) is 11.3 Å². The van der Waals surface area contributed by atoms with Gasteiger partial charge in [0.15, 0.2) is 0 Å². The van der Waals surface area contributed by atoms with E-state index in [0.717, 1.165) is 49.4 Å². The van der Waals surface area contributed by atoms with E-state index in [0.29, 0.717) is 6.42 Å². The Bertz CT molecular complexity index is 431. The van der Waals surface area contributed by atoms with Crippen LogP contribution in [-0.2, 0) is 11.2 Å². The second-order valence-corrected chi connectivity index (χ2v) is 7.55. The summed E-state index contributed by atoms with van der Waals surface area (Å²) in [4.78, 5) is 17.6. The number of rotatable bonds is 6. The largest absolute Gasteiger partial charge is 0.395 e. The number of aliphatic hydroxyl groups excluding tert-OH is 1. The first-order chi connectivity index (χ1) is 9.69. The Balaban J connectivity index is 1.65. The molecule has 0 saturated carbocycles. The number of piperazine rings is 1. The van der Waals surface area contributed by atoms with Crippen LogP contribution in [0.5, 0.6) is 0 Å². The molecule has 1 amide bonds. The molecular formula is C14H21BrN2O2S. The molecule has 1 saturated heterocycles. The van der Waals surface area contributed by atoms with Gasteiger partial charge < -0.3 is 10.0 Å². The van der Waals surface area contributed by atoms with Crippen molar-refractivity contribution < 1.29 is 9.90 Å². The molecule has 0 radical (unpaired) electrons. The zero-order chi connectivity index (χ0) is 14.4. The number of hydrogen-bond acceptors (Lipinski definition) is 4. The van der Waals surface area contributed by atoms with Crippen LogP contribution in [0.4, 0.5) is 0 Å². The summed E-state index contributed by atoms with van der Waals surface area (Å²) in [6, 6.07) is 4.18. The van der Waals surface area contributed by atoms with Crippen LogP contribution >= 0.6 is 27.3 Å². The zero-order valence-electron chi connectivity index (χ0n) is 11.6. The van der Waals surface area contributed by atoms with Crippen LogP contribution in [0.1, 0.15) is 17.7 Å². The van der Waals surface area contributed by atoms with Crippen LogP contribution < -0.4 is 0 Å². The summed E-state index contributed by atoms with van der Waals surface area (Å²) in [5, 5.41) is 8.90. The predicted octanol–water partition coefficient (Wildman–Crippen LogP) is 1.97. The number of aryl methyl sites for hydroxylation is 1. The van der Waals surface area contributed by atoms with Crippen LogP contribution in [-0.4, -0.2) is 60.1 Å². The average molecular weight is 361 g/mol. The van der Waals surface area contributed by atoms with E-state index in [1.807, 2.05) is 4.90 Å². The number of halogens is 1. The van der Waals surface area contributed by atoms with Crippen molar-refractivity contribution in [1.82, 2.24) is 9.80 Å². The Labute approximate surface area is 132 Å². The predicted molar refractivity (Wildman–Crippen MR) is 85.1 cm³/mol. The molecule has 6 heteroatoms. The molecule has 0 atom stereocenters. The fourth-order valence-corrected chi connectivity index (χ4v) is 3.95. The molecule has 0 unspecified atom stereocenters. The van der Waals surface area contributed by atoms with Gasteiger partial charge in [0.25, 0.3) is 0 Å². The van der Waals surface area contributed by atoms with Crippen molar-refractivity contribution in [3.8, 4) is 0 Å². The molecule has 0 spiro atoms. The van der Waals surface area contributed by atoms with Crippen molar-refractivity contribution in [3.05, 3.63) is 20.8 Å². The van der Waals surface area contributed by atoms with Gasteiger partial charge in [0.1, 0.15) is 0 Å². The molecule has 4 nitrogen and oxygen atoms in total. The average Bonchev–Trinajstić information content (AvgIpc) is 2.85. The van der Waals surface area contributed by atoms with E-state index >= 15 is 0 Å². The van der Waals surface area contributed by atoms with E-state index < -0.39 is 0 Å². The van der Waals surface area contributed by atoms with Gasteiger partial charge in [-0.25, -0.2) is 0 Å². The Morgan fingerprint density at radius 2 is 2.05 bits per heavy atom. The van der Waals surface area contributed by atoms with Gasteiger partial charge in [0.05, 0.1) is 10.4 Å². The van der Waals surface area contributed by atoms with Crippen LogP contribution in [0, 0.1) is 0 Å². The number of aliphatic hydroxyl groups is 1. The molecule has 20 heavy (non-hydrogen) atoms. The smallest absolute Gasteiger partial charge is 0.222 e. The fourth-order valence-electron chi connectivity index (χ4n) is 2.42. The summed E-state index contributed by atoms with van der Waals surface area (Å²) in [5.41, 5.74) is 0. The number of carbonyl (C=O) groups is 1. The van der Waals surface area contributed by atoms with Gasteiger partial charge >= 0.3 is 0 Å². The summed E-state index contributed by atoms with van der Waals surface area (Å²) in [7, 11) is 0. The molecule has 1 aromatic rings. The zero-order valence-corrected chi connectivity index (χ0v) is 14.0. The van der Waals surface area contributed by atoms with Gasteiger partial charge in [0.2, 0.25) is 5.91 Å². The summed E-state index contributed by atoms with van der Waals surface area (Å²) in [6.07, 6.45) is 2.53. The van der Waals surface area contributed by atoms with Gasteiger partial charge in [-0.1, -0.05) is 0 Å². The van der Waals surface area contributed by atoms with Gasteiger partial charge in [0, 0.05) is 44.0 Å². The van der Waals surface area contributed by atoms with Crippen molar-refractivity contribution in [2.24, 2.45) is 0 Å². The second kappa shape index (κ2) is 8.12. The Morgan fingerprint density at radius 1 is 1.30 bits per heavy atom. The van der Waals surface area contributed by atoms with E-state index in [1.165, 1.54) is 4.88 Å². The molecule has 0 aliphatic carbocycles. The third-order valence-corrected chi connectivity index (χ3v) is 5.27. The van der Waals surface area contributed by atoms with Gasteiger partial charge in [-0.05, 0) is 40.9 Å². The first-order valence-corrected chi connectivity index (χ1v) is 8.65. The third-order valence-electron chi connectivity index (χ3n) is 3.58. The maximum absolute atomic E-state index is 12.1. The maximum atomic E-state index is 12.1. The fraction of sp³-hybridized carbons (Fsp3) is 0.643. The van der Waals surface area contributed by atoms with Crippen molar-refractivity contribution in [2.75, 3.05) is 39.3 Å². The van der Waals surface area contributed by atoms with Crippen LogP contribution in [0.25, 0.3) is 0 Å². The molecule has 1 N–H and O–H groups in total. The van der Waals surface area contributed by atoms with E-state index in [-0.39, 0.29) is 12.5 Å². The monoisotopic (exact) mass is 360 g/mol. The summed E-state index contributed by atoms with van der Waals surface area (Å²) in [6.45, 7) is 4.26. The number of hydrogen-bond donors (Lipinski definition) is 1. The Hall–Kier alpha value is -0.430. The number of thiophene rings is 1. The van der Waals surface area contributed by atoms with Crippen LogP contribution in [0.15, 0.2) is 15.9 Å². The highest BCUT2D eigenvalue weighted by molar-refractivity contribution is 9.11. The van der Waals surface area contributed by atoms with E-state index in [4.69, 9.17) is 5.11 Å². The molecular weight excluding hydrogens is 340 g/mol. The van der Waals surface area contributed by atoms with Gasteiger partial charge in [-0.2, -0.15) is 0 Å². The van der Waals surface area contributed by atoms with Crippen molar-refractivity contribution in [3.63, 3.8) is 0 Å². The number of β-amino-alcohol motifs (C(OH)–C–C–N with tert-alkyl or cyclic N) is 1. The molecule has 1 aliphatic rings. The lowest BCUT2D eigenvalue weighted by Crippen LogP contribution is -2.49. The minimum Gasteiger partial charge on any atom is -0.395 e. The molecule has 2 rings (SSSR count). The topological polar surface area (TPSA) is 43.8 Å². The number of nitrogens with zero attached hydrogens (tertiary/aromatic N) is 2. The summed E-state index contributed by atoms with van der Waals surface area (Å²) in [5.74, 6) is 0.268. The van der Waals surface area contributed by atoms with Crippen molar-refractivity contribution >= 4 is 33.2 Å². The van der Waals surface area contributed by atoms with E-state index in [9.17, 15) is 4.79 Å². The van der Waals surface area contributed by atoms with Crippen molar-refractivity contribution in [2.45, 2.75) is 19.3 Å². The summed E-state index contributed by atoms with van der Waals surface area (Å²) >= 11 is 5.20. The molecule has 0 bridgehead atoms. The molecule has 1 fully saturated rings. The Kier molecular flexibility index (Phi) is 6.48. The van der Waals surface area contributed by atoms with E-state index in [2.05, 4.69) is 33.0 Å². The molecule has 1 aromatic heterocycles. The lowest BCUT2D eigenvalue weighted by Gasteiger charge is -2.34. The minimum atomic E-state index is 0.199. The van der Waals surface area contributed by atoms with Crippen molar-refractivity contribution in [1.29, 1.82) is 0 Å². The summed E-state index contributed by atoms with van der Waals surface area (Å²) < 4.78 is 1.15. The standard InChI is InChI=1S/C14H21BrN2O2S/c15-13-5-4-12(20-13)2-1-3-14(19)17-8-6-16(7-9-17)10-11-18/h4-5,18H,1-3,6-11H2. The highest BCUT2D eigenvalue weighted by Crippen LogP contribution is 2.23. The second-order valence-electron chi connectivity index (χ2n) is 5.01. The normalized spacial score (nSPS) is 16.6.